The Balaban J connectivity index is 1.79. The second-order valence-electron chi connectivity index (χ2n) is 4.74. The molecule has 1 aliphatic rings. The van der Waals surface area contributed by atoms with Crippen molar-refractivity contribution in [3.63, 3.8) is 0 Å². The highest BCUT2D eigenvalue weighted by molar-refractivity contribution is 5.00. The number of rotatable bonds is 4. The van der Waals surface area contributed by atoms with Crippen molar-refractivity contribution < 1.29 is 0 Å². The van der Waals surface area contributed by atoms with Crippen molar-refractivity contribution in [1.82, 2.24) is 15.1 Å². The fourth-order valence-electron chi connectivity index (χ4n) is 2.23. The SMILES string of the molecule is Cc1cnn(C(C)CNC2CCCC2)c1. The lowest BCUT2D eigenvalue weighted by atomic mass is 10.2. The molecule has 1 aliphatic carbocycles. The van der Waals surface area contributed by atoms with Crippen LogP contribution in [0.15, 0.2) is 12.4 Å². The van der Waals surface area contributed by atoms with Gasteiger partial charge in [0.2, 0.25) is 0 Å². The van der Waals surface area contributed by atoms with E-state index in [1.165, 1.54) is 31.2 Å². The number of aryl methyl sites for hydroxylation is 1. The van der Waals surface area contributed by atoms with Crippen LogP contribution in [0, 0.1) is 6.92 Å². The lowest BCUT2D eigenvalue weighted by molar-refractivity contribution is 0.415. The molecule has 2 rings (SSSR count). The van der Waals surface area contributed by atoms with Crippen LogP contribution in [0.1, 0.15) is 44.2 Å². The fourth-order valence-corrected chi connectivity index (χ4v) is 2.23. The molecule has 1 fully saturated rings. The lowest BCUT2D eigenvalue weighted by Gasteiger charge is -2.17. The lowest BCUT2D eigenvalue weighted by Crippen LogP contribution is -2.31. The van der Waals surface area contributed by atoms with E-state index < -0.39 is 0 Å². The van der Waals surface area contributed by atoms with Crippen LogP contribution in [0.25, 0.3) is 0 Å². The Hall–Kier alpha value is -0.830. The first kappa shape index (κ1) is 10.7. The molecule has 1 saturated carbocycles. The first-order valence-corrected chi connectivity index (χ1v) is 6.00. The average molecular weight is 207 g/mol. The average Bonchev–Trinajstić information content (AvgIpc) is 2.84. The summed E-state index contributed by atoms with van der Waals surface area (Å²) < 4.78 is 2.05. The van der Waals surface area contributed by atoms with Crippen LogP contribution in [0.4, 0.5) is 0 Å². The number of hydrogen-bond donors (Lipinski definition) is 1. The maximum absolute atomic E-state index is 4.34. The zero-order chi connectivity index (χ0) is 10.7. The molecule has 1 aromatic heterocycles. The molecule has 3 heteroatoms. The van der Waals surface area contributed by atoms with Crippen LogP contribution in [-0.2, 0) is 0 Å². The van der Waals surface area contributed by atoms with Gasteiger partial charge in [0.05, 0.1) is 12.2 Å². The van der Waals surface area contributed by atoms with Gasteiger partial charge in [-0.2, -0.15) is 5.10 Å². The molecular weight excluding hydrogens is 186 g/mol. The van der Waals surface area contributed by atoms with Crippen molar-refractivity contribution in [2.75, 3.05) is 6.54 Å². The largest absolute Gasteiger partial charge is 0.312 e. The van der Waals surface area contributed by atoms with Crippen molar-refractivity contribution in [1.29, 1.82) is 0 Å². The zero-order valence-electron chi connectivity index (χ0n) is 9.74. The number of nitrogens with one attached hydrogen (secondary N) is 1. The van der Waals surface area contributed by atoms with Gasteiger partial charge in [0, 0.05) is 18.8 Å². The van der Waals surface area contributed by atoms with Crippen molar-refractivity contribution >= 4 is 0 Å². The third-order valence-corrected chi connectivity index (χ3v) is 3.24. The number of nitrogens with zero attached hydrogens (tertiary/aromatic N) is 2. The molecule has 15 heavy (non-hydrogen) atoms. The van der Waals surface area contributed by atoms with Gasteiger partial charge in [-0.3, -0.25) is 4.68 Å². The van der Waals surface area contributed by atoms with Crippen LogP contribution >= 0.6 is 0 Å². The highest BCUT2D eigenvalue weighted by atomic mass is 15.3. The summed E-state index contributed by atoms with van der Waals surface area (Å²) in [6, 6.07) is 1.21. The van der Waals surface area contributed by atoms with Crippen LogP contribution in [0.2, 0.25) is 0 Å². The predicted molar refractivity (Wildman–Crippen MR) is 61.9 cm³/mol. The smallest absolute Gasteiger partial charge is 0.0615 e. The summed E-state index contributed by atoms with van der Waals surface area (Å²) in [5.41, 5.74) is 1.24. The fraction of sp³-hybridized carbons (Fsp3) is 0.750. The molecule has 0 aliphatic heterocycles. The molecule has 3 nitrogen and oxygen atoms in total. The molecule has 0 bridgehead atoms. The standard InChI is InChI=1S/C12H21N3/c1-10-7-14-15(9-10)11(2)8-13-12-5-3-4-6-12/h7,9,11-13H,3-6,8H2,1-2H3. The summed E-state index contributed by atoms with van der Waals surface area (Å²) in [5, 5.41) is 7.97. The van der Waals surface area contributed by atoms with Gasteiger partial charge in [-0.1, -0.05) is 12.8 Å². The Bertz CT molecular complexity index is 300. The minimum atomic E-state index is 0.458. The second kappa shape index (κ2) is 4.79. The van der Waals surface area contributed by atoms with Gasteiger partial charge in [0.1, 0.15) is 0 Å². The van der Waals surface area contributed by atoms with Gasteiger partial charge in [-0.05, 0) is 32.3 Å². The molecule has 0 radical (unpaired) electrons. The maximum atomic E-state index is 4.34. The third-order valence-electron chi connectivity index (χ3n) is 3.24. The molecule has 1 aromatic rings. The molecule has 0 amide bonds. The molecule has 0 aromatic carbocycles. The third kappa shape index (κ3) is 2.81. The van der Waals surface area contributed by atoms with E-state index in [0.717, 1.165) is 12.6 Å². The second-order valence-corrected chi connectivity index (χ2v) is 4.74. The van der Waals surface area contributed by atoms with Gasteiger partial charge in [0.15, 0.2) is 0 Å². The van der Waals surface area contributed by atoms with E-state index in [4.69, 9.17) is 0 Å². The molecule has 1 unspecified atom stereocenters. The molecule has 0 spiro atoms. The van der Waals surface area contributed by atoms with E-state index in [1.807, 2.05) is 6.20 Å². The van der Waals surface area contributed by atoms with E-state index in [9.17, 15) is 0 Å². The van der Waals surface area contributed by atoms with E-state index in [-0.39, 0.29) is 0 Å². The van der Waals surface area contributed by atoms with Crippen molar-refractivity contribution in [2.45, 2.75) is 51.6 Å². The topological polar surface area (TPSA) is 29.9 Å². The summed E-state index contributed by atoms with van der Waals surface area (Å²) >= 11 is 0. The number of aromatic nitrogens is 2. The maximum Gasteiger partial charge on any atom is 0.0615 e. The van der Waals surface area contributed by atoms with Gasteiger partial charge < -0.3 is 5.32 Å². The summed E-state index contributed by atoms with van der Waals surface area (Å²) in [7, 11) is 0. The van der Waals surface area contributed by atoms with Gasteiger partial charge in [-0.15, -0.1) is 0 Å². The summed E-state index contributed by atoms with van der Waals surface area (Å²) in [6.07, 6.45) is 9.53. The quantitative estimate of drug-likeness (QED) is 0.821. The van der Waals surface area contributed by atoms with E-state index in [1.54, 1.807) is 0 Å². The van der Waals surface area contributed by atoms with Crippen molar-refractivity contribution in [3.05, 3.63) is 18.0 Å². The van der Waals surface area contributed by atoms with Crippen LogP contribution < -0.4 is 5.32 Å². The molecule has 1 N–H and O–H groups in total. The highest BCUT2D eigenvalue weighted by Gasteiger charge is 2.15. The zero-order valence-corrected chi connectivity index (χ0v) is 9.74. The van der Waals surface area contributed by atoms with Gasteiger partial charge >= 0.3 is 0 Å². The van der Waals surface area contributed by atoms with Gasteiger partial charge in [-0.25, -0.2) is 0 Å². The van der Waals surface area contributed by atoms with Crippen molar-refractivity contribution in [2.24, 2.45) is 0 Å². The first-order valence-electron chi connectivity index (χ1n) is 6.00. The predicted octanol–water partition coefficient (Wildman–Crippen LogP) is 2.28. The molecule has 1 heterocycles. The molecular formula is C12H21N3. The van der Waals surface area contributed by atoms with Crippen molar-refractivity contribution in [3.8, 4) is 0 Å². The molecule has 0 saturated heterocycles. The Morgan fingerprint density at radius 1 is 1.53 bits per heavy atom. The van der Waals surface area contributed by atoms with E-state index >= 15 is 0 Å². The Kier molecular flexibility index (Phi) is 3.41. The Morgan fingerprint density at radius 3 is 2.87 bits per heavy atom. The highest BCUT2D eigenvalue weighted by Crippen LogP contribution is 2.18. The molecule has 84 valence electrons. The Labute approximate surface area is 91.9 Å². The monoisotopic (exact) mass is 207 g/mol. The summed E-state index contributed by atoms with van der Waals surface area (Å²) in [4.78, 5) is 0. The summed E-state index contributed by atoms with van der Waals surface area (Å²) in [5.74, 6) is 0. The first-order chi connectivity index (χ1) is 7.25. The Morgan fingerprint density at radius 2 is 2.27 bits per heavy atom. The van der Waals surface area contributed by atoms with E-state index in [0.29, 0.717) is 6.04 Å². The van der Waals surface area contributed by atoms with Gasteiger partial charge in [0.25, 0.3) is 0 Å². The minimum Gasteiger partial charge on any atom is -0.312 e. The van der Waals surface area contributed by atoms with Crippen LogP contribution in [0.5, 0.6) is 0 Å². The van der Waals surface area contributed by atoms with Crippen LogP contribution in [0.3, 0.4) is 0 Å². The van der Waals surface area contributed by atoms with E-state index in [2.05, 4.69) is 35.1 Å². The minimum absolute atomic E-state index is 0.458. The normalized spacial score (nSPS) is 19.6. The summed E-state index contributed by atoms with van der Waals surface area (Å²) in [6.45, 7) is 5.33. The van der Waals surface area contributed by atoms with Crippen LogP contribution in [-0.4, -0.2) is 22.4 Å². The molecule has 1 atom stereocenters. The number of hydrogen-bond acceptors (Lipinski definition) is 2.